The number of aromatic amines is 1. The van der Waals surface area contributed by atoms with Crippen LogP contribution in [0.1, 0.15) is 11.7 Å². The Morgan fingerprint density at radius 3 is 2.88 bits per heavy atom. The van der Waals surface area contributed by atoms with E-state index in [1.54, 1.807) is 17.9 Å². The van der Waals surface area contributed by atoms with E-state index < -0.39 is 0 Å². The van der Waals surface area contributed by atoms with Crippen LogP contribution >= 0.6 is 12.4 Å². The maximum absolute atomic E-state index is 11.7. The van der Waals surface area contributed by atoms with Gasteiger partial charge in [0.25, 0.3) is 5.56 Å². The molecular weight excluding hydrogens is 230 g/mol. The monoisotopic (exact) mass is 241 g/mol. The highest BCUT2D eigenvalue weighted by Gasteiger charge is 2.22. The normalized spacial score (nSPS) is 15.8. The van der Waals surface area contributed by atoms with Gasteiger partial charge in [0.1, 0.15) is 11.2 Å². The molecule has 0 radical (unpaired) electrons. The van der Waals surface area contributed by atoms with Crippen LogP contribution < -0.4 is 10.9 Å². The van der Waals surface area contributed by atoms with E-state index in [0.717, 1.165) is 18.9 Å². The quantitative estimate of drug-likeness (QED) is 0.723. The Bertz CT molecular complexity index is 571. The molecule has 86 valence electrons. The zero-order valence-electron chi connectivity index (χ0n) is 8.73. The standard InChI is InChI=1S/C9H11N5O.ClH/c1-14-8-6(4-11-14)9(15)13-7(12-8)5-2-10-3-5;/h4-5,10H,2-3H2,1H3,(H,12,13,15);1H. The van der Waals surface area contributed by atoms with E-state index in [-0.39, 0.29) is 18.0 Å². The molecule has 0 spiro atoms. The number of nitrogens with zero attached hydrogens (tertiary/aromatic N) is 3. The molecule has 2 aromatic rings. The van der Waals surface area contributed by atoms with Crippen LogP contribution in [0.4, 0.5) is 0 Å². The van der Waals surface area contributed by atoms with E-state index in [1.165, 1.54) is 0 Å². The summed E-state index contributed by atoms with van der Waals surface area (Å²) < 4.78 is 1.63. The Morgan fingerprint density at radius 2 is 2.25 bits per heavy atom. The number of rotatable bonds is 1. The van der Waals surface area contributed by atoms with Gasteiger partial charge in [0, 0.05) is 26.1 Å². The second-order valence-electron chi connectivity index (χ2n) is 3.81. The number of hydrogen-bond acceptors (Lipinski definition) is 4. The predicted octanol–water partition coefficient (Wildman–Crippen LogP) is -0.235. The van der Waals surface area contributed by atoms with Gasteiger partial charge >= 0.3 is 0 Å². The predicted molar refractivity (Wildman–Crippen MR) is 62.0 cm³/mol. The Balaban J connectivity index is 0.000000963. The van der Waals surface area contributed by atoms with Gasteiger partial charge < -0.3 is 10.3 Å². The van der Waals surface area contributed by atoms with E-state index in [4.69, 9.17) is 0 Å². The molecule has 0 unspecified atom stereocenters. The molecule has 6 nitrogen and oxygen atoms in total. The van der Waals surface area contributed by atoms with E-state index in [0.29, 0.717) is 17.0 Å². The highest BCUT2D eigenvalue weighted by molar-refractivity contribution is 5.85. The minimum atomic E-state index is -0.102. The van der Waals surface area contributed by atoms with Crippen molar-refractivity contribution >= 4 is 23.4 Å². The third-order valence-corrected chi connectivity index (χ3v) is 2.79. The summed E-state index contributed by atoms with van der Waals surface area (Å²) in [7, 11) is 1.79. The number of fused-ring (bicyclic) bond motifs is 1. The topological polar surface area (TPSA) is 75.6 Å². The van der Waals surface area contributed by atoms with Crippen molar-refractivity contribution in [2.24, 2.45) is 7.05 Å². The Kier molecular flexibility index (Phi) is 2.69. The molecule has 1 aliphatic heterocycles. The van der Waals surface area contributed by atoms with Crippen LogP contribution in [0, 0.1) is 0 Å². The van der Waals surface area contributed by atoms with Gasteiger partial charge in [-0.3, -0.25) is 9.48 Å². The number of aryl methyl sites for hydroxylation is 1. The molecule has 0 saturated carbocycles. The molecule has 0 atom stereocenters. The van der Waals surface area contributed by atoms with Crippen LogP contribution in [0.5, 0.6) is 0 Å². The van der Waals surface area contributed by atoms with Gasteiger partial charge in [-0.25, -0.2) is 4.98 Å². The summed E-state index contributed by atoms with van der Waals surface area (Å²) in [5, 5.41) is 7.72. The van der Waals surface area contributed by atoms with Crippen molar-refractivity contribution in [3.63, 3.8) is 0 Å². The Labute approximate surface area is 97.5 Å². The van der Waals surface area contributed by atoms with Gasteiger partial charge in [0.05, 0.1) is 6.20 Å². The number of halogens is 1. The number of H-pyrrole nitrogens is 1. The van der Waals surface area contributed by atoms with Gasteiger partial charge in [-0.05, 0) is 0 Å². The average Bonchev–Trinajstić information content (AvgIpc) is 2.46. The first-order valence-electron chi connectivity index (χ1n) is 4.88. The van der Waals surface area contributed by atoms with E-state index in [9.17, 15) is 4.79 Å². The van der Waals surface area contributed by atoms with Crippen LogP contribution in [0.2, 0.25) is 0 Å². The molecule has 0 aromatic carbocycles. The summed E-state index contributed by atoms with van der Waals surface area (Å²) in [5.74, 6) is 1.09. The zero-order chi connectivity index (χ0) is 10.4. The molecule has 0 bridgehead atoms. The van der Waals surface area contributed by atoms with Gasteiger partial charge in [0.15, 0.2) is 5.65 Å². The molecule has 1 aliphatic rings. The van der Waals surface area contributed by atoms with Gasteiger partial charge in [-0.1, -0.05) is 0 Å². The molecular formula is C9H12ClN5O. The number of nitrogens with one attached hydrogen (secondary N) is 2. The first-order chi connectivity index (χ1) is 7.25. The molecule has 16 heavy (non-hydrogen) atoms. The third kappa shape index (κ3) is 1.50. The van der Waals surface area contributed by atoms with Crippen molar-refractivity contribution in [1.82, 2.24) is 25.1 Å². The first kappa shape index (κ1) is 11.1. The third-order valence-electron chi connectivity index (χ3n) is 2.79. The minimum absolute atomic E-state index is 0. The lowest BCUT2D eigenvalue weighted by Crippen LogP contribution is -2.41. The van der Waals surface area contributed by atoms with Crippen molar-refractivity contribution < 1.29 is 0 Å². The molecule has 3 rings (SSSR count). The molecule has 0 amide bonds. The largest absolute Gasteiger partial charge is 0.315 e. The minimum Gasteiger partial charge on any atom is -0.315 e. The fourth-order valence-corrected chi connectivity index (χ4v) is 1.72. The fraction of sp³-hybridized carbons (Fsp3) is 0.444. The van der Waals surface area contributed by atoms with Gasteiger partial charge in [0.2, 0.25) is 0 Å². The average molecular weight is 242 g/mol. The summed E-state index contributed by atoms with van der Waals surface area (Å²) in [6.45, 7) is 1.76. The molecule has 7 heteroatoms. The number of hydrogen-bond donors (Lipinski definition) is 2. The molecule has 2 aromatic heterocycles. The first-order valence-corrected chi connectivity index (χ1v) is 4.88. The number of aromatic nitrogens is 4. The molecule has 0 aliphatic carbocycles. The zero-order valence-corrected chi connectivity index (χ0v) is 9.54. The van der Waals surface area contributed by atoms with Crippen molar-refractivity contribution in [3.05, 3.63) is 22.4 Å². The van der Waals surface area contributed by atoms with Crippen molar-refractivity contribution in [2.75, 3.05) is 13.1 Å². The molecule has 1 fully saturated rings. The van der Waals surface area contributed by atoms with Crippen LogP contribution in [-0.4, -0.2) is 32.8 Å². The molecule has 2 N–H and O–H groups in total. The summed E-state index contributed by atoms with van der Waals surface area (Å²) in [6, 6.07) is 0. The summed E-state index contributed by atoms with van der Waals surface area (Å²) in [6.07, 6.45) is 1.55. The van der Waals surface area contributed by atoms with E-state index in [2.05, 4.69) is 20.4 Å². The van der Waals surface area contributed by atoms with Gasteiger partial charge in [-0.2, -0.15) is 5.10 Å². The second-order valence-corrected chi connectivity index (χ2v) is 3.81. The van der Waals surface area contributed by atoms with Crippen LogP contribution in [0.3, 0.4) is 0 Å². The highest BCUT2D eigenvalue weighted by Crippen LogP contribution is 2.15. The van der Waals surface area contributed by atoms with Crippen LogP contribution in [-0.2, 0) is 7.05 Å². The van der Waals surface area contributed by atoms with Crippen molar-refractivity contribution in [3.8, 4) is 0 Å². The van der Waals surface area contributed by atoms with Crippen LogP contribution in [0.25, 0.3) is 11.0 Å². The summed E-state index contributed by atoms with van der Waals surface area (Å²) in [4.78, 5) is 18.9. The van der Waals surface area contributed by atoms with Crippen molar-refractivity contribution in [1.29, 1.82) is 0 Å². The maximum atomic E-state index is 11.7. The van der Waals surface area contributed by atoms with Gasteiger partial charge in [-0.15, -0.1) is 12.4 Å². The highest BCUT2D eigenvalue weighted by atomic mass is 35.5. The van der Waals surface area contributed by atoms with Crippen molar-refractivity contribution in [2.45, 2.75) is 5.92 Å². The summed E-state index contributed by atoms with van der Waals surface area (Å²) >= 11 is 0. The Hall–Kier alpha value is -1.40. The lowest BCUT2D eigenvalue weighted by atomic mass is 10.0. The second kappa shape index (κ2) is 3.88. The van der Waals surface area contributed by atoms with E-state index in [1.807, 2.05) is 0 Å². The molecule has 3 heterocycles. The fourth-order valence-electron chi connectivity index (χ4n) is 1.72. The van der Waals surface area contributed by atoms with Crippen LogP contribution in [0.15, 0.2) is 11.0 Å². The summed E-state index contributed by atoms with van der Waals surface area (Å²) in [5.41, 5.74) is 0.552. The smallest absolute Gasteiger partial charge is 0.262 e. The SMILES string of the molecule is Cl.Cn1ncc2c(=O)[nH]c(C3CNC3)nc21. The van der Waals surface area contributed by atoms with E-state index >= 15 is 0 Å². The Morgan fingerprint density at radius 1 is 1.50 bits per heavy atom. The maximum Gasteiger partial charge on any atom is 0.262 e. The molecule has 1 saturated heterocycles. The lowest BCUT2D eigenvalue weighted by Gasteiger charge is -2.25. The lowest BCUT2D eigenvalue weighted by molar-refractivity contribution is 0.430.